The van der Waals surface area contributed by atoms with Gasteiger partial charge in [-0.3, -0.25) is 14.4 Å². The van der Waals surface area contributed by atoms with Gasteiger partial charge in [0.25, 0.3) is 5.91 Å². The minimum absolute atomic E-state index is 0. The molecule has 43 heavy (non-hydrogen) atoms. The molecule has 1 aromatic carbocycles. The van der Waals surface area contributed by atoms with Crippen molar-refractivity contribution < 1.29 is 29.3 Å². The number of carbonyl (C=O) groups excluding carboxylic acids is 3. The second-order valence-corrected chi connectivity index (χ2v) is 12.1. The van der Waals surface area contributed by atoms with E-state index in [0.717, 1.165) is 71.0 Å². The first-order valence-corrected chi connectivity index (χ1v) is 16.0. The SMILES string of the molecule is CCCCN1C(=O)[C@@H]([C@H](O)C2CCCCC2)NC(=O)C12CCN(CCCCOc1ccc(C(=O)NCCO)cc1)CC2.Cl. The molecule has 1 spiro atoms. The van der Waals surface area contributed by atoms with E-state index >= 15 is 0 Å². The van der Waals surface area contributed by atoms with Crippen molar-refractivity contribution >= 4 is 30.1 Å². The van der Waals surface area contributed by atoms with Gasteiger partial charge in [-0.2, -0.15) is 0 Å². The van der Waals surface area contributed by atoms with Crippen LogP contribution in [0.25, 0.3) is 0 Å². The lowest BCUT2D eigenvalue weighted by Gasteiger charge is -2.52. The van der Waals surface area contributed by atoms with Crippen molar-refractivity contribution in [3.63, 3.8) is 0 Å². The van der Waals surface area contributed by atoms with Crippen molar-refractivity contribution in [2.75, 3.05) is 45.9 Å². The molecule has 2 atom stereocenters. The number of rotatable bonds is 14. The fourth-order valence-electron chi connectivity index (χ4n) is 6.70. The number of benzene rings is 1. The number of halogens is 1. The standard InChI is InChI=1S/C32H50N4O6.ClH/c1-2-3-19-36-30(40)27(28(38)24-9-5-4-6-10-24)34-31(41)32(36)15-20-35(21-16-32)18-7-8-23-42-26-13-11-25(12-14-26)29(39)33-17-22-37;/h11-14,24,27-28,37-38H,2-10,15-23H2,1H3,(H,33,39)(H,34,41);1H/t27-,28-;/m1./s1. The zero-order chi connectivity index (χ0) is 30.0. The van der Waals surface area contributed by atoms with Crippen LogP contribution < -0.4 is 15.4 Å². The van der Waals surface area contributed by atoms with E-state index in [1.807, 2.05) is 4.90 Å². The second kappa shape index (κ2) is 17.2. The molecule has 0 bridgehead atoms. The fourth-order valence-corrected chi connectivity index (χ4v) is 6.70. The fraction of sp³-hybridized carbons (Fsp3) is 0.719. The summed E-state index contributed by atoms with van der Waals surface area (Å²) in [5.74, 6) is 0.359. The first kappa shape index (κ1) is 35.1. The lowest BCUT2D eigenvalue weighted by atomic mass is 9.78. The molecule has 1 aliphatic carbocycles. The Balaban J connectivity index is 0.00000506. The Morgan fingerprint density at radius 2 is 1.77 bits per heavy atom. The first-order valence-electron chi connectivity index (χ1n) is 16.0. The Kier molecular flexibility index (Phi) is 14.0. The molecule has 3 fully saturated rings. The highest BCUT2D eigenvalue weighted by molar-refractivity contribution is 6.00. The molecule has 3 amide bonds. The number of nitrogens with zero attached hydrogens (tertiary/aromatic N) is 2. The number of aliphatic hydroxyl groups is 2. The van der Waals surface area contributed by atoms with Gasteiger partial charge in [-0.1, -0.05) is 32.6 Å². The molecule has 3 aliphatic rings. The molecule has 2 saturated heterocycles. The Bertz CT molecular complexity index is 1030. The van der Waals surface area contributed by atoms with Gasteiger partial charge in [-0.05, 0) is 81.7 Å². The molecule has 4 rings (SSSR count). The van der Waals surface area contributed by atoms with Crippen LogP contribution in [0.2, 0.25) is 0 Å². The normalized spacial score (nSPS) is 21.7. The topological polar surface area (TPSA) is 131 Å². The molecule has 1 aromatic rings. The smallest absolute Gasteiger partial charge is 0.251 e. The van der Waals surface area contributed by atoms with E-state index in [-0.39, 0.29) is 49.2 Å². The number of ether oxygens (including phenoxy) is 1. The highest BCUT2D eigenvalue weighted by Crippen LogP contribution is 2.36. The molecular weight excluding hydrogens is 572 g/mol. The number of carbonyl (C=O) groups is 3. The summed E-state index contributed by atoms with van der Waals surface area (Å²) in [7, 11) is 0. The van der Waals surface area contributed by atoms with Crippen molar-refractivity contribution in [2.45, 2.75) is 95.2 Å². The third kappa shape index (κ3) is 8.84. The Labute approximate surface area is 262 Å². The molecule has 4 N–H and O–H groups in total. The minimum Gasteiger partial charge on any atom is -0.494 e. The zero-order valence-corrected chi connectivity index (χ0v) is 26.4. The zero-order valence-electron chi connectivity index (χ0n) is 25.6. The maximum Gasteiger partial charge on any atom is 0.251 e. The molecule has 10 nitrogen and oxygen atoms in total. The van der Waals surface area contributed by atoms with E-state index in [2.05, 4.69) is 22.5 Å². The van der Waals surface area contributed by atoms with Gasteiger partial charge in [-0.25, -0.2) is 0 Å². The number of amides is 3. The van der Waals surface area contributed by atoms with Crippen LogP contribution in [-0.4, -0.2) is 101 Å². The lowest BCUT2D eigenvalue weighted by molar-refractivity contribution is -0.165. The predicted molar refractivity (Wildman–Crippen MR) is 167 cm³/mol. The quantitative estimate of drug-likeness (QED) is 0.235. The van der Waals surface area contributed by atoms with E-state index in [1.165, 1.54) is 6.42 Å². The maximum atomic E-state index is 13.8. The number of hydrogen-bond acceptors (Lipinski definition) is 7. The average Bonchev–Trinajstić information content (AvgIpc) is 3.02. The molecule has 242 valence electrons. The van der Waals surface area contributed by atoms with Crippen molar-refractivity contribution in [3.05, 3.63) is 29.8 Å². The number of piperidine rings is 1. The number of likely N-dealkylation sites (tertiary alicyclic amines) is 1. The van der Waals surface area contributed by atoms with Crippen molar-refractivity contribution in [1.29, 1.82) is 0 Å². The number of aliphatic hydroxyl groups excluding tert-OH is 2. The van der Waals surface area contributed by atoms with Crippen LogP contribution in [-0.2, 0) is 9.59 Å². The summed E-state index contributed by atoms with van der Waals surface area (Å²) in [4.78, 5) is 43.6. The number of nitrogens with one attached hydrogen (secondary N) is 2. The molecule has 2 heterocycles. The van der Waals surface area contributed by atoms with Crippen LogP contribution >= 0.6 is 12.4 Å². The van der Waals surface area contributed by atoms with Crippen molar-refractivity contribution in [1.82, 2.24) is 20.4 Å². The van der Waals surface area contributed by atoms with E-state index in [9.17, 15) is 19.5 Å². The van der Waals surface area contributed by atoms with Gasteiger partial charge in [0.2, 0.25) is 11.8 Å². The van der Waals surface area contributed by atoms with Gasteiger partial charge < -0.3 is 35.4 Å². The summed E-state index contributed by atoms with van der Waals surface area (Å²) in [6.07, 6.45) is 9.15. The summed E-state index contributed by atoms with van der Waals surface area (Å²) in [6, 6.07) is 6.14. The summed E-state index contributed by atoms with van der Waals surface area (Å²) in [6.45, 7) is 5.75. The lowest BCUT2D eigenvalue weighted by Crippen LogP contribution is -2.75. The van der Waals surface area contributed by atoms with E-state index < -0.39 is 17.7 Å². The number of piperazine rings is 1. The maximum absolute atomic E-state index is 13.8. The average molecular weight is 623 g/mol. The summed E-state index contributed by atoms with van der Waals surface area (Å²) >= 11 is 0. The van der Waals surface area contributed by atoms with Crippen LogP contribution in [0.1, 0.15) is 87.9 Å². The van der Waals surface area contributed by atoms with Crippen molar-refractivity contribution in [2.24, 2.45) is 5.92 Å². The largest absolute Gasteiger partial charge is 0.494 e. The molecule has 11 heteroatoms. The van der Waals surface area contributed by atoms with Gasteiger partial charge in [0.1, 0.15) is 17.3 Å². The summed E-state index contributed by atoms with van der Waals surface area (Å²) in [5.41, 5.74) is -0.299. The minimum atomic E-state index is -0.833. The van der Waals surface area contributed by atoms with Crippen molar-refractivity contribution in [3.8, 4) is 5.75 Å². The third-order valence-electron chi connectivity index (χ3n) is 9.30. The third-order valence-corrected chi connectivity index (χ3v) is 9.30. The molecule has 0 unspecified atom stereocenters. The Morgan fingerprint density at radius 1 is 1.07 bits per heavy atom. The van der Waals surface area contributed by atoms with Crippen LogP contribution in [0.5, 0.6) is 5.75 Å². The first-order chi connectivity index (χ1) is 20.4. The van der Waals surface area contributed by atoms with Gasteiger partial charge in [0.15, 0.2) is 0 Å². The molecule has 1 saturated carbocycles. The molecule has 0 radical (unpaired) electrons. The van der Waals surface area contributed by atoms with Gasteiger partial charge in [-0.15, -0.1) is 12.4 Å². The summed E-state index contributed by atoms with van der Waals surface area (Å²) < 4.78 is 5.84. The van der Waals surface area contributed by atoms with Gasteiger partial charge in [0, 0.05) is 31.7 Å². The van der Waals surface area contributed by atoms with Gasteiger partial charge >= 0.3 is 0 Å². The van der Waals surface area contributed by atoms with Gasteiger partial charge in [0.05, 0.1) is 19.3 Å². The molecular formula is C32H51ClN4O6. The highest BCUT2D eigenvalue weighted by atomic mass is 35.5. The highest BCUT2D eigenvalue weighted by Gasteiger charge is 2.55. The van der Waals surface area contributed by atoms with Crippen LogP contribution in [0, 0.1) is 5.92 Å². The molecule has 0 aromatic heterocycles. The number of unbranched alkanes of at least 4 members (excludes halogenated alkanes) is 2. The Hall–Kier alpha value is -2.40. The van der Waals surface area contributed by atoms with E-state index in [4.69, 9.17) is 9.84 Å². The van der Waals surface area contributed by atoms with E-state index in [1.54, 1.807) is 24.3 Å². The van der Waals surface area contributed by atoms with Crippen LogP contribution in [0.4, 0.5) is 0 Å². The van der Waals surface area contributed by atoms with Crippen LogP contribution in [0.15, 0.2) is 24.3 Å². The second-order valence-electron chi connectivity index (χ2n) is 12.1. The number of hydrogen-bond donors (Lipinski definition) is 4. The molecule has 2 aliphatic heterocycles. The summed E-state index contributed by atoms with van der Waals surface area (Å²) in [5, 5.41) is 25.6. The predicted octanol–water partition coefficient (Wildman–Crippen LogP) is 2.89. The monoisotopic (exact) mass is 622 g/mol. The van der Waals surface area contributed by atoms with E-state index in [0.29, 0.717) is 37.3 Å². The van der Waals surface area contributed by atoms with Crippen LogP contribution in [0.3, 0.4) is 0 Å². The Morgan fingerprint density at radius 3 is 2.42 bits per heavy atom.